The van der Waals surface area contributed by atoms with E-state index in [2.05, 4.69) is 15.1 Å². The van der Waals surface area contributed by atoms with Crippen molar-refractivity contribution < 1.29 is 17.9 Å². The molecule has 0 aromatic heterocycles. The van der Waals surface area contributed by atoms with E-state index in [9.17, 15) is 13.2 Å². The number of likely N-dealkylation sites (tertiary alicyclic amines) is 1. The maximum Gasteiger partial charge on any atom is 0.401 e. The second kappa shape index (κ2) is 7.06. The molecule has 118 valence electrons. The zero-order valence-electron chi connectivity index (χ0n) is 12.0. The molecule has 2 fully saturated rings. The highest BCUT2D eigenvalue weighted by Gasteiger charge is 2.31. The Morgan fingerprint density at radius 3 is 2.60 bits per heavy atom. The van der Waals surface area contributed by atoms with Gasteiger partial charge in [0.25, 0.3) is 0 Å². The number of halogens is 3. The number of nitrogens with zero attached hydrogens (tertiary/aromatic N) is 2. The maximum atomic E-state index is 12.1. The molecule has 2 unspecified atom stereocenters. The van der Waals surface area contributed by atoms with E-state index in [1.165, 1.54) is 0 Å². The number of nitrogens with one attached hydrogen (secondary N) is 1. The lowest BCUT2D eigenvalue weighted by Crippen LogP contribution is -2.46. The van der Waals surface area contributed by atoms with Crippen molar-refractivity contribution in [2.75, 3.05) is 52.5 Å². The molecule has 0 aromatic carbocycles. The molecule has 20 heavy (non-hydrogen) atoms. The van der Waals surface area contributed by atoms with Crippen LogP contribution in [-0.2, 0) is 4.74 Å². The fourth-order valence-electron chi connectivity index (χ4n) is 2.96. The minimum Gasteiger partial charge on any atom is -0.379 e. The minimum atomic E-state index is -4.12. The first kappa shape index (κ1) is 16.0. The van der Waals surface area contributed by atoms with E-state index in [1.807, 2.05) is 6.92 Å². The van der Waals surface area contributed by atoms with Crippen LogP contribution in [0.2, 0.25) is 0 Å². The predicted octanol–water partition coefficient (Wildman–Crippen LogP) is 0.933. The van der Waals surface area contributed by atoms with Crippen molar-refractivity contribution in [3.63, 3.8) is 0 Å². The third kappa shape index (κ3) is 4.87. The SMILES string of the molecule is CC(CNCC(F)(F)F)N1CCC(N2CCOCC2)C1. The highest BCUT2D eigenvalue weighted by molar-refractivity contribution is 4.87. The van der Waals surface area contributed by atoms with Gasteiger partial charge in [-0.2, -0.15) is 13.2 Å². The van der Waals surface area contributed by atoms with Gasteiger partial charge >= 0.3 is 6.18 Å². The van der Waals surface area contributed by atoms with E-state index < -0.39 is 12.7 Å². The highest BCUT2D eigenvalue weighted by atomic mass is 19.4. The van der Waals surface area contributed by atoms with Crippen molar-refractivity contribution in [1.82, 2.24) is 15.1 Å². The molecule has 2 aliphatic heterocycles. The molecule has 0 bridgehead atoms. The van der Waals surface area contributed by atoms with Gasteiger partial charge < -0.3 is 10.1 Å². The summed E-state index contributed by atoms with van der Waals surface area (Å²) in [5.74, 6) is 0. The summed E-state index contributed by atoms with van der Waals surface area (Å²) in [6.45, 7) is 6.92. The Labute approximate surface area is 118 Å². The molecule has 4 nitrogen and oxygen atoms in total. The van der Waals surface area contributed by atoms with Gasteiger partial charge in [-0.25, -0.2) is 0 Å². The molecular formula is C13H24F3N3O. The Hall–Kier alpha value is -0.370. The smallest absolute Gasteiger partial charge is 0.379 e. The molecule has 2 saturated heterocycles. The molecule has 0 aromatic rings. The Morgan fingerprint density at radius 2 is 1.95 bits per heavy atom. The van der Waals surface area contributed by atoms with Crippen LogP contribution in [0.15, 0.2) is 0 Å². The Bertz CT molecular complexity index is 295. The van der Waals surface area contributed by atoms with Gasteiger partial charge in [-0.1, -0.05) is 0 Å². The van der Waals surface area contributed by atoms with Crippen LogP contribution in [0.25, 0.3) is 0 Å². The predicted molar refractivity (Wildman–Crippen MR) is 70.8 cm³/mol. The molecule has 0 radical (unpaired) electrons. The van der Waals surface area contributed by atoms with Crippen LogP contribution >= 0.6 is 0 Å². The third-order valence-electron chi connectivity index (χ3n) is 4.15. The van der Waals surface area contributed by atoms with Crippen molar-refractivity contribution in [3.05, 3.63) is 0 Å². The largest absolute Gasteiger partial charge is 0.401 e. The van der Waals surface area contributed by atoms with Gasteiger partial charge in [0.15, 0.2) is 0 Å². The number of alkyl halides is 3. The average molecular weight is 295 g/mol. The van der Waals surface area contributed by atoms with Crippen LogP contribution in [0, 0.1) is 0 Å². The van der Waals surface area contributed by atoms with Gasteiger partial charge in [0, 0.05) is 44.8 Å². The molecule has 1 N–H and O–H groups in total. The first-order valence-electron chi connectivity index (χ1n) is 7.29. The molecule has 2 heterocycles. The Kier molecular flexibility index (Phi) is 5.65. The Morgan fingerprint density at radius 1 is 1.25 bits per heavy atom. The minimum absolute atomic E-state index is 0.142. The van der Waals surface area contributed by atoms with Crippen LogP contribution in [0.3, 0.4) is 0 Å². The summed E-state index contributed by atoms with van der Waals surface area (Å²) in [4.78, 5) is 4.73. The zero-order chi connectivity index (χ0) is 14.6. The van der Waals surface area contributed by atoms with Crippen molar-refractivity contribution in [3.8, 4) is 0 Å². The molecule has 7 heteroatoms. The van der Waals surface area contributed by atoms with Crippen LogP contribution in [0.1, 0.15) is 13.3 Å². The van der Waals surface area contributed by atoms with Crippen LogP contribution in [-0.4, -0.2) is 80.5 Å². The fourth-order valence-corrected chi connectivity index (χ4v) is 2.96. The van der Waals surface area contributed by atoms with Gasteiger partial charge in [-0.3, -0.25) is 9.80 Å². The van der Waals surface area contributed by atoms with E-state index in [-0.39, 0.29) is 6.04 Å². The van der Waals surface area contributed by atoms with E-state index in [0.717, 1.165) is 45.8 Å². The summed E-state index contributed by atoms with van der Waals surface area (Å²) in [5.41, 5.74) is 0. The first-order chi connectivity index (χ1) is 9.46. The van der Waals surface area contributed by atoms with Crippen molar-refractivity contribution in [1.29, 1.82) is 0 Å². The second-order valence-electron chi connectivity index (χ2n) is 5.68. The normalized spacial score (nSPS) is 27.9. The van der Waals surface area contributed by atoms with Gasteiger partial charge in [0.05, 0.1) is 19.8 Å². The fraction of sp³-hybridized carbons (Fsp3) is 1.00. The van der Waals surface area contributed by atoms with Crippen LogP contribution in [0.5, 0.6) is 0 Å². The van der Waals surface area contributed by atoms with Gasteiger partial charge in [-0.15, -0.1) is 0 Å². The molecular weight excluding hydrogens is 271 g/mol. The lowest BCUT2D eigenvalue weighted by Gasteiger charge is -2.33. The van der Waals surface area contributed by atoms with Gasteiger partial charge in [0.1, 0.15) is 0 Å². The molecule has 2 rings (SSSR count). The molecule has 2 atom stereocenters. The van der Waals surface area contributed by atoms with Crippen molar-refractivity contribution in [2.24, 2.45) is 0 Å². The monoisotopic (exact) mass is 295 g/mol. The number of hydrogen-bond acceptors (Lipinski definition) is 4. The van der Waals surface area contributed by atoms with Crippen LogP contribution < -0.4 is 5.32 Å². The average Bonchev–Trinajstić information content (AvgIpc) is 2.88. The Balaban J connectivity index is 1.68. The number of hydrogen-bond donors (Lipinski definition) is 1. The standard InChI is InChI=1S/C13H24F3N3O/c1-11(8-17-10-13(14,15)16)19-3-2-12(9-19)18-4-6-20-7-5-18/h11-12,17H,2-10H2,1H3. The number of morpholine rings is 1. The molecule has 0 aliphatic carbocycles. The molecule has 0 spiro atoms. The highest BCUT2D eigenvalue weighted by Crippen LogP contribution is 2.19. The summed E-state index contributed by atoms with van der Waals surface area (Å²) in [7, 11) is 0. The quantitative estimate of drug-likeness (QED) is 0.817. The number of rotatable bonds is 5. The van der Waals surface area contributed by atoms with Crippen molar-refractivity contribution >= 4 is 0 Å². The molecule has 0 amide bonds. The summed E-state index contributed by atoms with van der Waals surface area (Å²) in [6.07, 6.45) is -3.02. The third-order valence-corrected chi connectivity index (χ3v) is 4.15. The molecule has 0 saturated carbocycles. The maximum absolute atomic E-state index is 12.1. The number of ether oxygens (including phenoxy) is 1. The van der Waals surface area contributed by atoms with Gasteiger partial charge in [0.2, 0.25) is 0 Å². The van der Waals surface area contributed by atoms with E-state index >= 15 is 0 Å². The lowest BCUT2D eigenvalue weighted by molar-refractivity contribution is -0.125. The van der Waals surface area contributed by atoms with E-state index in [4.69, 9.17) is 4.74 Å². The van der Waals surface area contributed by atoms with Crippen LogP contribution in [0.4, 0.5) is 13.2 Å². The summed E-state index contributed by atoms with van der Waals surface area (Å²) >= 11 is 0. The molecule has 2 aliphatic rings. The summed E-state index contributed by atoms with van der Waals surface area (Å²) < 4.78 is 41.6. The first-order valence-corrected chi connectivity index (χ1v) is 7.29. The van der Waals surface area contributed by atoms with Crippen molar-refractivity contribution in [2.45, 2.75) is 31.6 Å². The topological polar surface area (TPSA) is 27.7 Å². The van der Waals surface area contributed by atoms with E-state index in [0.29, 0.717) is 12.6 Å². The lowest BCUT2D eigenvalue weighted by atomic mass is 10.2. The summed E-state index contributed by atoms with van der Waals surface area (Å²) in [5, 5.41) is 2.50. The van der Waals surface area contributed by atoms with E-state index in [1.54, 1.807) is 0 Å². The zero-order valence-corrected chi connectivity index (χ0v) is 12.0. The summed E-state index contributed by atoms with van der Waals surface area (Å²) in [6, 6.07) is 0.673. The van der Waals surface area contributed by atoms with Gasteiger partial charge in [-0.05, 0) is 13.3 Å². The second-order valence-corrected chi connectivity index (χ2v) is 5.68.